The topological polar surface area (TPSA) is 95.9 Å². The first kappa shape index (κ1) is 71.3. The van der Waals surface area contributed by atoms with E-state index in [1.165, 1.54) is 283 Å². The highest BCUT2D eigenvalue weighted by molar-refractivity contribution is 5.76. The molecule has 0 aliphatic heterocycles. The molecule has 6 nitrogen and oxygen atoms in total. The van der Waals surface area contributed by atoms with E-state index in [9.17, 15) is 19.8 Å². The summed E-state index contributed by atoms with van der Waals surface area (Å²) in [5, 5.41) is 23.4. The molecule has 0 saturated heterocycles. The first-order chi connectivity index (χ1) is 36.0. The fraction of sp³-hybridized carbons (Fsp3) is 0.910. The maximum Gasteiger partial charge on any atom is 0.305 e. The zero-order chi connectivity index (χ0) is 52.9. The Morgan fingerprint density at radius 1 is 0.384 bits per heavy atom. The van der Waals surface area contributed by atoms with Crippen LogP contribution in [0.25, 0.3) is 0 Å². The predicted octanol–water partition coefficient (Wildman–Crippen LogP) is 21.0. The molecule has 0 radical (unpaired) electrons. The van der Waals surface area contributed by atoms with E-state index >= 15 is 0 Å². The van der Waals surface area contributed by atoms with Gasteiger partial charge in [-0.15, -0.1) is 0 Å². The van der Waals surface area contributed by atoms with Gasteiger partial charge in [0.05, 0.1) is 25.4 Å². The van der Waals surface area contributed by atoms with Crippen LogP contribution in [0.5, 0.6) is 0 Å². The Morgan fingerprint density at radius 2 is 0.685 bits per heavy atom. The zero-order valence-corrected chi connectivity index (χ0v) is 49.4. The lowest BCUT2D eigenvalue weighted by Gasteiger charge is -2.22. The van der Waals surface area contributed by atoms with Crippen LogP contribution in [-0.4, -0.2) is 47.4 Å². The number of nitrogens with one attached hydrogen (secondary N) is 1. The van der Waals surface area contributed by atoms with E-state index in [1.54, 1.807) is 0 Å². The fourth-order valence-electron chi connectivity index (χ4n) is 10.4. The van der Waals surface area contributed by atoms with E-state index in [1.807, 2.05) is 0 Å². The molecule has 432 valence electrons. The second kappa shape index (κ2) is 62.9. The molecule has 0 aliphatic carbocycles. The number of unbranched alkanes of at least 4 members (excludes halogenated alkanes) is 47. The minimum atomic E-state index is -0.669. The quantitative estimate of drug-likeness (QED) is 0.0320. The first-order valence-corrected chi connectivity index (χ1v) is 33.1. The van der Waals surface area contributed by atoms with Crippen molar-refractivity contribution < 1.29 is 24.5 Å². The smallest absolute Gasteiger partial charge is 0.305 e. The average molecular weight is 1030 g/mol. The Hall–Kier alpha value is -1.66. The van der Waals surface area contributed by atoms with Crippen molar-refractivity contribution >= 4 is 11.9 Å². The Kier molecular flexibility index (Phi) is 61.4. The van der Waals surface area contributed by atoms with Crippen molar-refractivity contribution in [2.24, 2.45) is 0 Å². The van der Waals surface area contributed by atoms with Crippen LogP contribution in [0.2, 0.25) is 0 Å². The molecule has 0 aromatic heterocycles. The minimum absolute atomic E-state index is 0.000918. The van der Waals surface area contributed by atoms with Gasteiger partial charge in [0.15, 0.2) is 0 Å². The summed E-state index contributed by atoms with van der Waals surface area (Å²) >= 11 is 0. The van der Waals surface area contributed by atoms with E-state index in [0.29, 0.717) is 25.9 Å². The van der Waals surface area contributed by atoms with Gasteiger partial charge in [-0.2, -0.15) is 0 Å². The average Bonchev–Trinajstić information content (AvgIpc) is 3.39. The van der Waals surface area contributed by atoms with E-state index in [2.05, 4.69) is 43.5 Å². The summed E-state index contributed by atoms with van der Waals surface area (Å²) in [6.45, 7) is 4.95. The SMILES string of the molecule is CCCCCC/C=C\C/C=C\CCCCCCCCCC(=O)OCCCCCCCCCCCCCCCCCCCC(=O)NC(CO)C(O)CCCCCCCCCCCCCCCCCCCCCCC. The monoisotopic (exact) mass is 1030 g/mol. The lowest BCUT2D eigenvalue weighted by Crippen LogP contribution is -2.45. The molecular formula is C67H129NO5. The van der Waals surface area contributed by atoms with Crippen molar-refractivity contribution in [3.63, 3.8) is 0 Å². The summed E-state index contributed by atoms with van der Waals surface area (Å²) in [7, 11) is 0. The Bertz CT molecular complexity index is 1140. The van der Waals surface area contributed by atoms with Crippen LogP contribution >= 0.6 is 0 Å². The van der Waals surface area contributed by atoms with Gasteiger partial charge in [-0.1, -0.05) is 321 Å². The number of hydrogen-bond donors (Lipinski definition) is 3. The van der Waals surface area contributed by atoms with E-state index in [-0.39, 0.29) is 18.5 Å². The molecule has 1 amide bonds. The van der Waals surface area contributed by atoms with Crippen LogP contribution in [-0.2, 0) is 14.3 Å². The molecule has 0 bridgehead atoms. The number of ether oxygens (including phenoxy) is 1. The van der Waals surface area contributed by atoms with Gasteiger partial charge >= 0.3 is 5.97 Å². The fourth-order valence-corrected chi connectivity index (χ4v) is 10.4. The molecule has 0 heterocycles. The van der Waals surface area contributed by atoms with Gasteiger partial charge in [0.1, 0.15) is 0 Å². The van der Waals surface area contributed by atoms with Gasteiger partial charge in [-0.25, -0.2) is 0 Å². The highest BCUT2D eigenvalue weighted by atomic mass is 16.5. The third-order valence-electron chi connectivity index (χ3n) is 15.5. The molecule has 0 fully saturated rings. The molecule has 0 aliphatic rings. The van der Waals surface area contributed by atoms with Gasteiger partial charge in [0.2, 0.25) is 5.91 Å². The second-order valence-electron chi connectivity index (χ2n) is 22.8. The van der Waals surface area contributed by atoms with Gasteiger partial charge in [0.25, 0.3) is 0 Å². The highest BCUT2D eigenvalue weighted by Crippen LogP contribution is 2.18. The number of carbonyl (C=O) groups is 2. The number of amides is 1. The number of aliphatic hydroxyl groups excluding tert-OH is 2. The first-order valence-electron chi connectivity index (χ1n) is 33.1. The summed E-state index contributed by atoms with van der Waals surface area (Å²) in [5.74, 6) is -0.0376. The van der Waals surface area contributed by atoms with E-state index < -0.39 is 12.1 Å². The van der Waals surface area contributed by atoms with Crippen molar-refractivity contribution in [2.45, 2.75) is 379 Å². The molecule has 0 aromatic carbocycles. The van der Waals surface area contributed by atoms with Crippen LogP contribution in [0.1, 0.15) is 367 Å². The molecule has 73 heavy (non-hydrogen) atoms. The van der Waals surface area contributed by atoms with Crippen LogP contribution in [0.4, 0.5) is 0 Å². The number of aliphatic hydroxyl groups is 2. The molecule has 2 unspecified atom stereocenters. The number of esters is 1. The Balaban J connectivity index is 3.41. The van der Waals surface area contributed by atoms with Crippen molar-refractivity contribution in [3.8, 4) is 0 Å². The Morgan fingerprint density at radius 3 is 1.05 bits per heavy atom. The molecule has 3 N–H and O–H groups in total. The molecule has 0 aromatic rings. The number of hydrogen-bond acceptors (Lipinski definition) is 5. The van der Waals surface area contributed by atoms with E-state index in [0.717, 1.165) is 51.4 Å². The summed E-state index contributed by atoms with van der Waals surface area (Å²) in [4.78, 5) is 24.6. The summed E-state index contributed by atoms with van der Waals surface area (Å²) in [5.41, 5.74) is 0. The summed E-state index contributed by atoms with van der Waals surface area (Å²) in [6, 6.07) is -0.547. The minimum Gasteiger partial charge on any atom is -0.466 e. The third-order valence-corrected chi connectivity index (χ3v) is 15.5. The van der Waals surface area contributed by atoms with Crippen LogP contribution < -0.4 is 5.32 Å². The van der Waals surface area contributed by atoms with Crippen molar-refractivity contribution in [1.29, 1.82) is 0 Å². The summed E-state index contributed by atoms with van der Waals surface area (Å²) in [6.07, 6.45) is 77.6. The molecule has 0 saturated carbocycles. The van der Waals surface area contributed by atoms with Crippen molar-refractivity contribution in [3.05, 3.63) is 24.3 Å². The number of allylic oxidation sites excluding steroid dienone is 4. The number of carbonyl (C=O) groups excluding carboxylic acids is 2. The van der Waals surface area contributed by atoms with E-state index in [4.69, 9.17) is 4.74 Å². The molecule has 2 atom stereocenters. The number of rotatable bonds is 62. The Labute approximate surface area is 456 Å². The lowest BCUT2D eigenvalue weighted by atomic mass is 10.0. The van der Waals surface area contributed by atoms with Gasteiger partial charge in [-0.3, -0.25) is 9.59 Å². The van der Waals surface area contributed by atoms with Gasteiger partial charge in [0, 0.05) is 12.8 Å². The van der Waals surface area contributed by atoms with Crippen molar-refractivity contribution in [1.82, 2.24) is 5.32 Å². The van der Waals surface area contributed by atoms with Crippen LogP contribution in [0.15, 0.2) is 24.3 Å². The van der Waals surface area contributed by atoms with Crippen molar-refractivity contribution in [2.75, 3.05) is 13.2 Å². The molecule has 0 rings (SSSR count). The largest absolute Gasteiger partial charge is 0.466 e. The van der Waals surface area contributed by atoms with Gasteiger partial charge < -0.3 is 20.3 Å². The van der Waals surface area contributed by atoms with Crippen LogP contribution in [0, 0.1) is 0 Å². The maximum absolute atomic E-state index is 12.5. The third kappa shape index (κ3) is 59.4. The van der Waals surface area contributed by atoms with Gasteiger partial charge in [-0.05, 0) is 57.8 Å². The van der Waals surface area contributed by atoms with Crippen LogP contribution in [0.3, 0.4) is 0 Å². The standard InChI is InChI=1S/C67H129NO5/c1-3-5-7-9-11-13-15-17-19-21-23-24-25-27-31-35-39-43-47-51-55-59-65(70)64(63-69)68-66(71)60-56-52-48-44-40-36-32-28-26-30-34-38-42-46-50-54-58-62-73-67(72)61-57-53-49-45-41-37-33-29-22-20-18-16-14-12-10-8-6-4-2/h14,16,20,22,64-65,69-70H,3-13,15,17-19,21,23-63H2,1-2H3,(H,68,71)/b16-14-,22-20-. The molecule has 6 heteroatoms. The highest BCUT2D eigenvalue weighted by Gasteiger charge is 2.20. The zero-order valence-electron chi connectivity index (χ0n) is 49.4. The molecule has 0 spiro atoms. The predicted molar refractivity (Wildman–Crippen MR) is 320 cm³/mol. The second-order valence-corrected chi connectivity index (χ2v) is 22.8. The molecular weight excluding hydrogens is 899 g/mol. The lowest BCUT2D eigenvalue weighted by molar-refractivity contribution is -0.143. The summed E-state index contributed by atoms with van der Waals surface area (Å²) < 4.78 is 5.49. The normalized spacial score (nSPS) is 12.7. The maximum atomic E-state index is 12.5.